The van der Waals surface area contributed by atoms with Gasteiger partial charge < -0.3 is 20.1 Å². The minimum Gasteiger partial charge on any atom is -0.481 e. The van der Waals surface area contributed by atoms with Crippen LogP contribution in [0, 0.1) is 11.8 Å². The van der Waals surface area contributed by atoms with Gasteiger partial charge in [-0.1, -0.05) is 6.42 Å². The molecule has 0 aromatic carbocycles. The number of nitrogens with one attached hydrogen (secondary N) is 1. The van der Waals surface area contributed by atoms with Crippen molar-refractivity contribution in [1.82, 2.24) is 10.2 Å². The molecule has 0 aromatic heterocycles. The van der Waals surface area contributed by atoms with Crippen LogP contribution in [0.5, 0.6) is 0 Å². The van der Waals surface area contributed by atoms with E-state index in [2.05, 4.69) is 5.32 Å². The maximum atomic E-state index is 12.2. The molecule has 0 radical (unpaired) electrons. The number of hydrogen-bond acceptors (Lipinski definition) is 4. The molecule has 1 heterocycles. The summed E-state index contributed by atoms with van der Waals surface area (Å²) in [4.78, 5) is 36.4. The average Bonchev–Trinajstić information content (AvgIpc) is 2.95. The van der Waals surface area contributed by atoms with Crippen LogP contribution in [0.25, 0.3) is 0 Å². The smallest absolute Gasteiger partial charge is 0.317 e. The number of nitrogens with zero attached hydrogens (tertiary/aromatic N) is 1. The molecule has 2 atom stereocenters. The van der Waals surface area contributed by atoms with E-state index in [9.17, 15) is 14.4 Å². The van der Waals surface area contributed by atoms with E-state index in [1.807, 2.05) is 0 Å². The van der Waals surface area contributed by atoms with Gasteiger partial charge in [0.25, 0.3) is 0 Å². The highest BCUT2D eigenvalue weighted by Crippen LogP contribution is 2.26. The van der Waals surface area contributed by atoms with Crippen LogP contribution >= 0.6 is 0 Å². The first kappa shape index (κ1) is 15.6. The minimum atomic E-state index is -0.845. The van der Waals surface area contributed by atoms with Crippen molar-refractivity contribution in [3.8, 4) is 0 Å². The molecular formula is C14H22N2O5. The monoisotopic (exact) mass is 298 g/mol. The van der Waals surface area contributed by atoms with Crippen molar-refractivity contribution < 1.29 is 24.2 Å². The predicted molar refractivity (Wildman–Crippen MR) is 73.6 cm³/mol. The first-order chi connectivity index (χ1) is 10.0. The fraction of sp³-hybridized carbons (Fsp3) is 0.786. The van der Waals surface area contributed by atoms with Gasteiger partial charge in [0.15, 0.2) is 0 Å². The molecule has 7 nitrogen and oxygen atoms in total. The molecule has 1 aliphatic carbocycles. The van der Waals surface area contributed by atoms with Gasteiger partial charge in [0.2, 0.25) is 0 Å². The molecule has 0 aromatic rings. The molecular weight excluding hydrogens is 276 g/mol. The number of methoxy groups -OCH3 is 1. The van der Waals surface area contributed by atoms with Gasteiger partial charge in [-0.2, -0.15) is 0 Å². The number of ether oxygens (including phenoxy) is 1. The third-order valence-corrected chi connectivity index (χ3v) is 4.46. The number of carboxylic acid groups (broad SMARTS) is 1. The summed E-state index contributed by atoms with van der Waals surface area (Å²) < 4.78 is 4.71. The molecule has 118 valence electrons. The second-order valence-corrected chi connectivity index (χ2v) is 5.72. The van der Waals surface area contributed by atoms with Crippen LogP contribution in [0.1, 0.15) is 32.1 Å². The second-order valence-electron chi connectivity index (χ2n) is 5.72. The number of aliphatic carboxylic acids is 1. The van der Waals surface area contributed by atoms with Gasteiger partial charge in [-0.3, -0.25) is 9.59 Å². The maximum absolute atomic E-state index is 12.2. The molecule has 1 saturated heterocycles. The zero-order valence-electron chi connectivity index (χ0n) is 12.2. The van der Waals surface area contributed by atoms with Crippen LogP contribution in [0.2, 0.25) is 0 Å². The number of carboxylic acids is 1. The lowest BCUT2D eigenvalue weighted by Crippen LogP contribution is -2.50. The zero-order chi connectivity index (χ0) is 15.4. The van der Waals surface area contributed by atoms with Crippen molar-refractivity contribution in [1.29, 1.82) is 0 Å². The Hall–Kier alpha value is -1.79. The molecule has 1 saturated carbocycles. The third kappa shape index (κ3) is 3.65. The zero-order valence-corrected chi connectivity index (χ0v) is 12.2. The number of carbonyl (C=O) groups is 3. The Morgan fingerprint density at radius 1 is 1.14 bits per heavy atom. The maximum Gasteiger partial charge on any atom is 0.317 e. The number of rotatable bonds is 3. The van der Waals surface area contributed by atoms with E-state index in [4.69, 9.17) is 9.84 Å². The Bertz CT molecular complexity index is 418. The van der Waals surface area contributed by atoms with Crippen LogP contribution in [0.15, 0.2) is 0 Å². The Balaban J connectivity index is 1.82. The second kappa shape index (κ2) is 6.78. The van der Waals surface area contributed by atoms with Crippen LogP contribution < -0.4 is 5.32 Å². The van der Waals surface area contributed by atoms with Crippen LogP contribution in [-0.4, -0.2) is 54.2 Å². The average molecular weight is 298 g/mol. The molecule has 0 bridgehead atoms. The highest BCUT2D eigenvalue weighted by atomic mass is 16.5. The van der Waals surface area contributed by atoms with Crippen molar-refractivity contribution in [2.75, 3.05) is 20.2 Å². The van der Waals surface area contributed by atoms with Gasteiger partial charge in [0.1, 0.15) is 0 Å². The first-order valence-corrected chi connectivity index (χ1v) is 7.39. The normalized spacial score (nSPS) is 26.4. The lowest BCUT2D eigenvalue weighted by atomic mass is 9.97. The molecule has 2 amide bonds. The Morgan fingerprint density at radius 2 is 1.81 bits per heavy atom. The van der Waals surface area contributed by atoms with Crippen molar-refractivity contribution >= 4 is 18.0 Å². The van der Waals surface area contributed by atoms with E-state index in [1.165, 1.54) is 7.11 Å². The number of carbonyl (C=O) groups excluding carboxylic acids is 2. The van der Waals surface area contributed by atoms with Crippen molar-refractivity contribution in [2.45, 2.75) is 38.1 Å². The largest absolute Gasteiger partial charge is 0.481 e. The van der Waals surface area contributed by atoms with Gasteiger partial charge >= 0.3 is 18.0 Å². The van der Waals surface area contributed by atoms with Crippen LogP contribution in [0.3, 0.4) is 0 Å². The molecule has 2 N–H and O–H groups in total. The van der Waals surface area contributed by atoms with Gasteiger partial charge in [-0.15, -0.1) is 0 Å². The van der Waals surface area contributed by atoms with Gasteiger partial charge in [-0.05, 0) is 25.7 Å². The van der Waals surface area contributed by atoms with E-state index in [1.54, 1.807) is 4.90 Å². The van der Waals surface area contributed by atoms with Gasteiger partial charge in [-0.25, -0.2) is 4.79 Å². The summed E-state index contributed by atoms with van der Waals surface area (Å²) in [7, 11) is 1.37. The summed E-state index contributed by atoms with van der Waals surface area (Å²) >= 11 is 0. The van der Waals surface area contributed by atoms with E-state index in [-0.39, 0.29) is 24.0 Å². The molecule has 2 rings (SSSR count). The molecule has 2 fully saturated rings. The number of hydrogen-bond donors (Lipinski definition) is 2. The molecule has 1 aliphatic heterocycles. The number of piperidine rings is 1. The molecule has 2 aliphatic rings. The fourth-order valence-corrected chi connectivity index (χ4v) is 3.16. The lowest BCUT2D eigenvalue weighted by molar-refractivity contribution is -0.147. The lowest BCUT2D eigenvalue weighted by Gasteiger charge is -2.32. The standard InChI is InChI=1S/C14H22N2O5/c1-21-13(19)9-5-7-16(8-6-9)14(20)15-11-4-2-3-10(11)12(17)18/h9-11H,2-8H2,1H3,(H,15,20)(H,17,18). The minimum absolute atomic E-state index is 0.141. The quantitative estimate of drug-likeness (QED) is 0.753. The summed E-state index contributed by atoms with van der Waals surface area (Å²) in [6.45, 7) is 0.992. The van der Waals surface area contributed by atoms with Gasteiger partial charge in [0, 0.05) is 19.1 Å². The fourth-order valence-electron chi connectivity index (χ4n) is 3.16. The first-order valence-electron chi connectivity index (χ1n) is 7.39. The summed E-state index contributed by atoms with van der Waals surface area (Å²) in [5.41, 5.74) is 0. The summed E-state index contributed by atoms with van der Waals surface area (Å²) in [6, 6.07) is -0.509. The van der Waals surface area contributed by atoms with Crippen molar-refractivity contribution in [3.05, 3.63) is 0 Å². The predicted octanol–water partition coefficient (Wildman–Crippen LogP) is 0.834. The molecule has 0 spiro atoms. The van der Waals surface area contributed by atoms with E-state index >= 15 is 0 Å². The highest BCUT2D eigenvalue weighted by molar-refractivity contribution is 5.78. The number of likely N-dealkylation sites (tertiary alicyclic amines) is 1. The topological polar surface area (TPSA) is 95.9 Å². The van der Waals surface area contributed by atoms with Crippen molar-refractivity contribution in [2.24, 2.45) is 11.8 Å². The number of amides is 2. The Labute approximate surface area is 123 Å². The van der Waals surface area contributed by atoms with E-state index in [0.717, 1.165) is 6.42 Å². The number of esters is 1. The summed E-state index contributed by atoms with van der Waals surface area (Å²) in [6.07, 6.45) is 3.33. The number of urea groups is 1. The molecule has 7 heteroatoms. The summed E-state index contributed by atoms with van der Waals surface area (Å²) in [5.74, 6) is -1.70. The highest BCUT2D eigenvalue weighted by Gasteiger charge is 2.35. The van der Waals surface area contributed by atoms with Crippen molar-refractivity contribution in [3.63, 3.8) is 0 Å². The van der Waals surface area contributed by atoms with E-state index in [0.29, 0.717) is 38.8 Å². The molecule has 2 unspecified atom stereocenters. The third-order valence-electron chi connectivity index (χ3n) is 4.46. The van der Waals surface area contributed by atoms with E-state index < -0.39 is 11.9 Å². The SMILES string of the molecule is COC(=O)C1CCN(C(=O)NC2CCCC2C(=O)O)CC1. The van der Waals surface area contributed by atoms with Crippen LogP contribution in [-0.2, 0) is 14.3 Å². The van der Waals surface area contributed by atoms with Crippen LogP contribution in [0.4, 0.5) is 4.79 Å². The summed E-state index contributed by atoms with van der Waals surface area (Å²) in [5, 5.41) is 11.9. The molecule has 21 heavy (non-hydrogen) atoms. The Morgan fingerprint density at radius 3 is 2.38 bits per heavy atom. The van der Waals surface area contributed by atoms with Gasteiger partial charge in [0.05, 0.1) is 18.9 Å². The Kier molecular flexibility index (Phi) is 5.03.